The Morgan fingerprint density at radius 1 is 0.380 bits per heavy atom. The van der Waals surface area contributed by atoms with Gasteiger partial charge in [0, 0.05) is 21.2 Å². The molecule has 0 bridgehead atoms. The van der Waals surface area contributed by atoms with Crippen LogP contribution >= 0.6 is 11.3 Å². The summed E-state index contributed by atoms with van der Waals surface area (Å²) in [4.78, 5) is 10.5. The van der Waals surface area contributed by atoms with Crippen LogP contribution in [0.2, 0.25) is 0 Å². The number of aromatic nitrogens is 2. The first-order chi connectivity index (χ1) is 24.8. The molecule has 50 heavy (non-hydrogen) atoms. The van der Waals surface area contributed by atoms with Gasteiger partial charge in [0.25, 0.3) is 0 Å². The Labute approximate surface area is 297 Å². The minimum atomic E-state index is -2.66. The Hall–Kier alpha value is -5.94. The van der Waals surface area contributed by atoms with Gasteiger partial charge in [-0.05, 0) is 44.0 Å². The number of hydrogen-bond acceptors (Lipinski definition) is 3. The van der Waals surface area contributed by atoms with Crippen LogP contribution in [0.1, 0.15) is 0 Å². The third-order valence-electron chi connectivity index (χ3n) is 9.64. The number of hydrogen-bond donors (Lipinski definition) is 0. The van der Waals surface area contributed by atoms with Gasteiger partial charge in [-0.2, -0.15) is 0 Å². The number of rotatable bonds is 7. The van der Waals surface area contributed by atoms with Gasteiger partial charge in [0.1, 0.15) is 0 Å². The Bertz CT molecular complexity index is 2490. The van der Waals surface area contributed by atoms with Crippen molar-refractivity contribution in [1.29, 1.82) is 0 Å². The second kappa shape index (κ2) is 12.8. The normalized spacial score (nSPS) is 11.6. The average molecular weight is 673 g/mol. The van der Waals surface area contributed by atoms with Crippen molar-refractivity contribution >= 4 is 60.5 Å². The highest BCUT2D eigenvalue weighted by Crippen LogP contribution is 2.39. The molecule has 7 aromatic carbocycles. The fraction of sp³-hybridized carbons (Fsp3) is 0. The quantitative estimate of drug-likeness (QED) is 0.125. The van der Waals surface area contributed by atoms with Gasteiger partial charge >= 0.3 is 0 Å². The first kappa shape index (κ1) is 30.1. The SMILES string of the molecule is c1ccc(-c2nc(-c3cccc(-c4cccc([Si](c5ccccc5)(c5ccccc5)c5ccccc5)c4)c3)nc3c2sc2ccccc23)cc1. The standard InChI is InChI=1S/C46H32N2SSi/c1-5-17-33(18-6-1)43-45-44(41-29-13-14-30-42(41)49-45)48-46(47-43)36-21-15-19-34(31-36)35-20-16-28-40(32-35)50(37-22-7-2-8-23-37,38-24-9-3-10-25-38)39-26-11-4-12-27-39/h1-32H. The Kier molecular flexibility index (Phi) is 7.73. The molecule has 0 saturated heterocycles. The van der Waals surface area contributed by atoms with Crippen molar-refractivity contribution in [2.24, 2.45) is 0 Å². The average Bonchev–Trinajstić information content (AvgIpc) is 3.58. The van der Waals surface area contributed by atoms with Gasteiger partial charge in [-0.25, -0.2) is 9.97 Å². The first-order valence-corrected chi connectivity index (χ1v) is 19.7. The third kappa shape index (κ3) is 5.17. The second-order valence-corrected chi connectivity index (χ2v) is 17.4. The van der Waals surface area contributed by atoms with E-state index < -0.39 is 8.07 Å². The van der Waals surface area contributed by atoms with E-state index in [0.29, 0.717) is 0 Å². The van der Waals surface area contributed by atoms with Gasteiger partial charge < -0.3 is 0 Å². The molecule has 0 saturated carbocycles. The molecule has 2 aromatic heterocycles. The lowest BCUT2D eigenvalue weighted by Crippen LogP contribution is -2.74. The lowest BCUT2D eigenvalue weighted by atomic mass is 10.0. The van der Waals surface area contributed by atoms with Crippen molar-refractivity contribution in [3.05, 3.63) is 194 Å². The van der Waals surface area contributed by atoms with Gasteiger partial charge in [-0.1, -0.05) is 182 Å². The van der Waals surface area contributed by atoms with Gasteiger partial charge in [0.2, 0.25) is 0 Å². The van der Waals surface area contributed by atoms with Gasteiger partial charge in [-0.3, -0.25) is 0 Å². The molecule has 0 N–H and O–H groups in total. The molecule has 0 aliphatic rings. The molecule has 0 spiro atoms. The Balaban J connectivity index is 1.23. The largest absolute Gasteiger partial charge is 0.226 e. The zero-order valence-corrected chi connectivity index (χ0v) is 29.1. The lowest BCUT2D eigenvalue weighted by molar-refractivity contribution is 1.24. The van der Waals surface area contributed by atoms with Gasteiger partial charge in [0.15, 0.2) is 13.9 Å². The van der Waals surface area contributed by atoms with Crippen molar-refractivity contribution in [2.75, 3.05) is 0 Å². The molecular formula is C46H32N2SSi. The summed E-state index contributed by atoms with van der Waals surface area (Å²) in [5.41, 5.74) is 6.39. The molecule has 0 aliphatic heterocycles. The summed E-state index contributed by atoms with van der Waals surface area (Å²) in [6.45, 7) is 0. The van der Waals surface area contributed by atoms with E-state index in [-0.39, 0.29) is 0 Å². The predicted molar refractivity (Wildman–Crippen MR) is 215 cm³/mol. The molecule has 2 heterocycles. The van der Waals surface area contributed by atoms with E-state index in [9.17, 15) is 0 Å². The molecular weight excluding hydrogens is 641 g/mol. The van der Waals surface area contributed by atoms with E-state index in [1.54, 1.807) is 11.3 Å². The molecule has 0 atom stereocenters. The summed E-state index contributed by atoms with van der Waals surface area (Å²) < 4.78 is 2.34. The van der Waals surface area contributed by atoms with Gasteiger partial charge in [-0.15, -0.1) is 11.3 Å². The highest BCUT2D eigenvalue weighted by Gasteiger charge is 2.41. The summed E-state index contributed by atoms with van der Waals surface area (Å²) in [6.07, 6.45) is 0. The lowest BCUT2D eigenvalue weighted by Gasteiger charge is -2.34. The first-order valence-electron chi connectivity index (χ1n) is 16.9. The minimum Gasteiger partial charge on any atom is -0.226 e. The highest BCUT2D eigenvalue weighted by molar-refractivity contribution is 7.26. The summed E-state index contributed by atoms with van der Waals surface area (Å²) in [5, 5.41) is 6.60. The van der Waals surface area contributed by atoms with E-state index in [0.717, 1.165) is 38.4 Å². The maximum atomic E-state index is 5.25. The van der Waals surface area contributed by atoms with Crippen molar-refractivity contribution in [3.8, 4) is 33.8 Å². The van der Waals surface area contributed by atoms with Crippen LogP contribution in [0.15, 0.2) is 194 Å². The van der Waals surface area contributed by atoms with E-state index in [1.165, 1.54) is 36.4 Å². The molecule has 9 rings (SSSR count). The maximum Gasteiger partial charge on any atom is 0.179 e. The maximum absolute atomic E-state index is 5.25. The molecule has 0 amide bonds. The van der Waals surface area contributed by atoms with Gasteiger partial charge in [0.05, 0.1) is 15.9 Å². The number of nitrogens with zero attached hydrogens (tertiary/aromatic N) is 2. The van der Waals surface area contributed by atoms with Crippen LogP contribution < -0.4 is 20.7 Å². The monoisotopic (exact) mass is 672 g/mol. The number of thiophene rings is 1. The minimum absolute atomic E-state index is 0.736. The van der Waals surface area contributed by atoms with Crippen molar-refractivity contribution in [2.45, 2.75) is 0 Å². The molecule has 236 valence electrons. The van der Waals surface area contributed by atoms with Crippen molar-refractivity contribution in [1.82, 2.24) is 9.97 Å². The van der Waals surface area contributed by atoms with Crippen molar-refractivity contribution < 1.29 is 0 Å². The van der Waals surface area contributed by atoms with E-state index in [1.807, 2.05) is 0 Å². The van der Waals surface area contributed by atoms with Crippen molar-refractivity contribution in [3.63, 3.8) is 0 Å². The fourth-order valence-corrected chi connectivity index (χ4v) is 13.3. The summed E-state index contributed by atoms with van der Waals surface area (Å²) in [6, 6.07) is 70.2. The molecule has 0 aliphatic carbocycles. The third-order valence-corrected chi connectivity index (χ3v) is 15.6. The van der Waals surface area contributed by atoms with Crippen LogP contribution in [-0.2, 0) is 0 Å². The predicted octanol–water partition coefficient (Wildman–Crippen LogP) is 9.22. The van der Waals surface area contributed by atoms with Crippen LogP contribution in [-0.4, -0.2) is 18.0 Å². The van der Waals surface area contributed by atoms with Crippen LogP contribution in [0.5, 0.6) is 0 Å². The summed E-state index contributed by atoms with van der Waals surface area (Å²) in [7, 11) is -2.66. The molecule has 2 nitrogen and oxygen atoms in total. The molecule has 0 fully saturated rings. The molecule has 4 heteroatoms. The second-order valence-electron chi connectivity index (χ2n) is 12.5. The van der Waals surface area contributed by atoms with Crippen LogP contribution in [0, 0.1) is 0 Å². The molecule has 0 radical (unpaired) electrons. The Morgan fingerprint density at radius 3 is 1.50 bits per heavy atom. The Morgan fingerprint density at radius 2 is 0.860 bits per heavy atom. The molecule has 9 aromatic rings. The van der Waals surface area contributed by atoms with Crippen LogP contribution in [0.4, 0.5) is 0 Å². The highest BCUT2D eigenvalue weighted by atomic mass is 32.1. The number of fused-ring (bicyclic) bond motifs is 3. The van der Waals surface area contributed by atoms with Crippen LogP contribution in [0.3, 0.4) is 0 Å². The summed E-state index contributed by atoms with van der Waals surface area (Å²) in [5.74, 6) is 0.736. The topological polar surface area (TPSA) is 25.8 Å². The van der Waals surface area contributed by atoms with E-state index in [4.69, 9.17) is 9.97 Å². The smallest absolute Gasteiger partial charge is 0.179 e. The van der Waals surface area contributed by atoms with E-state index >= 15 is 0 Å². The zero-order valence-electron chi connectivity index (χ0n) is 27.3. The number of benzene rings is 7. The van der Waals surface area contributed by atoms with E-state index in [2.05, 4.69) is 194 Å². The fourth-order valence-electron chi connectivity index (χ4n) is 7.35. The summed E-state index contributed by atoms with van der Waals surface area (Å²) >= 11 is 1.76. The zero-order chi connectivity index (χ0) is 33.3. The van der Waals surface area contributed by atoms with Crippen LogP contribution in [0.25, 0.3) is 54.1 Å². The molecule has 0 unspecified atom stereocenters.